The summed E-state index contributed by atoms with van der Waals surface area (Å²) < 4.78 is 1.53. The van der Waals surface area contributed by atoms with Crippen molar-refractivity contribution in [2.45, 2.75) is 4.90 Å². The number of pyridine rings is 1. The van der Waals surface area contributed by atoms with Gasteiger partial charge in [0.25, 0.3) is 5.56 Å². The summed E-state index contributed by atoms with van der Waals surface area (Å²) in [4.78, 5) is 38.9. The predicted molar refractivity (Wildman–Crippen MR) is 111 cm³/mol. The van der Waals surface area contributed by atoms with E-state index in [-0.39, 0.29) is 11.5 Å². The molecule has 144 valence electrons. The fourth-order valence-corrected chi connectivity index (χ4v) is 4.09. The first-order valence-electron chi connectivity index (χ1n) is 9.16. The highest BCUT2D eigenvalue weighted by molar-refractivity contribution is 8.00. The molecule has 4 rings (SSSR count). The molecule has 0 atom stereocenters. The van der Waals surface area contributed by atoms with Crippen molar-refractivity contribution in [3.05, 3.63) is 59.0 Å². The quantitative estimate of drug-likeness (QED) is 0.627. The Hall–Kier alpha value is -2.87. The fourth-order valence-electron chi connectivity index (χ4n) is 3.27. The second kappa shape index (κ2) is 8.02. The van der Waals surface area contributed by atoms with Gasteiger partial charge in [-0.3, -0.25) is 14.2 Å². The Morgan fingerprint density at radius 2 is 1.82 bits per heavy atom. The SMILES string of the molecule is Cn1c(=O)c(N2CCN(C(=O)CSc3ccccc3)CC2)nc2cccnc21. The lowest BCUT2D eigenvalue weighted by Gasteiger charge is -2.35. The summed E-state index contributed by atoms with van der Waals surface area (Å²) in [6, 6.07) is 13.6. The molecule has 1 aliphatic rings. The first-order valence-corrected chi connectivity index (χ1v) is 10.1. The van der Waals surface area contributed by atoms with Gasteiger partial charge in [0.1, 0.15) is 5.52 Å². The number of rotatable bonds is 4. The van der Waals surface area contributed by atoms with E-state index in [4.69, 9.17) is 0 Å². The van der Waals surface area contributed by atoms with Crippen LogP contribution in [0.1, 0.15) is 0 Å². The van der Waals surface area contributed by atoms with Crippen LogP contribution in [0.2, 0.25) is 0 Å². The first-order chi connectivity index (χ1) is 13.6. The number of hydrogen-bond acceptors (Lipinski definition) is 6. The number of aryl methyl sites for hydroxylation is 1. The first kappa shape index (κ1) is 18.5. The molecule has 3 aromatic rings. The number of amides is 1. The van der Waals surface area contributed by atoms with E-state index in [0.717, 1.165) is 4.90 Å². The maximum Gasteiger partial charge on any atom is 0.294 e. The molecular weight excluding hydrogens is 374 g/mol. The minimum atomic E-state index is -0.161. The number of anilines is 1. The molecule has 1 fully saturated rings. The van der Waals surface area contributed by atoms with Crippen molar-refractivity contribution in [3.63, 3.8) is 0 Å². The molecule has 0 aliphatic carbocycles. The van der Waals surface area contributed by atoms with E-state index in [1.807, 2.05) is 52.3 Å². The summed E-state index contributed by atoms with van der Waals surface area (Å²) in [7, 11) is 1.71. The van der Waals surface area contributed by atoms with Gasteiger partial charge in [-0.2, -0.15) is 0 Å². The summed E-state index contributed by atoms with van der Waals surface area (Å²) in [5.74, 6) is 0.969. The van der Waals surface area contributed by atoms with Gasteiger partial charge in [0.2, 0.25) is 5.91 Å². The third kappa shape index (κ3) is 3.73. The minimum absolute atomic E-state index is 0.122. The summed E-state index contributed by atoms with van der Waals surface area (Å²) in [5.41, 5.74) is 1.10. The predicted octanol–water partition coefficient (Wildman–Crippen LogP) is 1.77. The van der Waals surface area contributed by atoms with Gasteiger partial charge in [-0.1, -0.05) is 18.2 Å². The summed E-state index contributed by atoms with van der Waals surface area (Å²) in [5, 5.41) is 0. The highest BCUT2D eigenvalue weighted by Crippen LogP contribution is 2.19. The maximum atomic E-state index is 12.7. The van der Waals surface area contributed by atoms with Crippen LogP contribution in [-0.4, -0.2) is 57.3 Å². The Bertz CT molecular complexity index is 1050. The van der Waals surface area contributed by atoms with Crippen LogP contribution in [0.4, 0.5) is 5.82 Å². The smallest absolute Gasteiger partial charge is 0.294 e. The van der Waals surface area contributed by atoms with Crippen LogP contribution < -0.4 is 10.5 Å². The van der Waals surface area contributed by atoms with Crippen molar-refractivity contribution < 1.29 is 4.79 Å². The number of carbonyl (C=O) groups excluding carboxylic acids is 1. The van der Waals surface area contributed by atoms with E-state index in [2.05, 4.69) is 9.97 Å². The normalized spacial score (nSPS) is 14.5. The number of piperazine rings is 1. The van der Waals surface area contributed by atoms with Crippen LogP contribution in [0.3, 0.4) is 0 Å². The average molecular weight is 395 g/mol. The molecule has 7 nitrogen and oxygen atoms in total. The number of carbonyl (C=O) groups is 1. The molecule has 0 spiro atoms. The Balaban J connectivity index is 1.41. The highest BCUT2D eigenvalue weighted by atomic mass is 32.2. The van der Waals surface area contributed by atoms with Gasteiger partial charge in [-0.25, -0.2) is 9.97 Å². The Kier molecular flexibility index (Phi) is 5.29. The lowest BCUT2D eigenvalue weighted by molar-refractivity contribution is -0.128. The third-order valence-corrected chi connectivity index (χ3v) is 5.84. The summed E-state index contributed by atoms with van der Waals surface area (Å²) in [6.07, 6.45) is 1.65. The molecule has 0 radical (unpaired) electrons. The molecule has 3 heterocycles. The zero-order valence-corrected chi connectivity index (χ0v) is 16.4. The molecule has 1 aromatic carbocycles. The van der Waals surface area contributed by atoms with Gasteiger partial charge in [0.15, 0.2) is 11.5 Å². The van der Waals surface area contributed by atoms with Crippen molar-refractivity contribution in [1.29, 1.82) is 0 Å². The second-order valence-corrected chi connectivity index (χ2v) is 7.66. The van der Waals surface area contributed by atoms with E-state index < -0.39 is 0 Å². The van der Waals surface area contributed by atoms with E-state index in [0.29, 0.717) is 48.9 Å². The average Bonchev–Trinajstić information content (AvgIpc) is 2.75. The van der Waals surface area contributed by atoms with Crippen molar-refractivity contribution in [2.75, 3.05) is 36.8 Å². The van der Waals surface area contributed by atoms with Gasteiger partial charge >= 0.3 is 0 Å². The van der Waals surface area contributed by atoms with E-state index in [9.17, 15) is 9.59 Å². The van der Waals surface area contributed by atoms with Crippen LogP contribution in [0, 0.1) is 0 Å². The van der Waals surface area contributed by atoms with Gasteiger partial charge in [0.05, 0.1) is 5.75 Å². The molecule has 0 bridgehead atoms. The second-order valence-electron chi connectivity index (χ2n) is 6.62. The van der Waals surface area contributed by atoms with E-state index in [1.54, 1.807) is 25.0 Å². The number of nitrogens with zero attached hydrogens (tertiary/aromatic N) is 5. The number of hydrogen-bond donors (Lipinski definition) is 0. The van der Waals surface area contributed by atoms with Gasteiger partial charge in [-0.15, -0.1) is 11.8 Å². The summed E-state index contributed by atoms with van der Waals surface area (Å²) in [6.45, 7) is 2.36. The molecule has 28 heavy (non-hydrogen) atoms. The van der Waals surface area contributed by atoms with Crippen molar-refractivity contribution in [1.82, 2.24) is 19.4 Å². The maximum absolute atomic E-state index is 12.7. The molecule has 0 N–H and O–H groups in total. The van der Waals surface area contributed by atoms with Gasteiger partial charge in [0, 0.05) is 44.3 Å². The fraction of sp³-hybridized carbons (Fsp3) is 0.300. The molecular formula is C20H21N5O2S. The molecule has 2 aromatic heterocycles. The molecule has 1 aliphatic heterocycles. The summed E-state index contributed by atoms with van der Waals surface area (Å²) >= 11 is 1.55. The van der Waals surface area contributed by atoms with Gasteiger partial charge < -0.3 is 9.80 Å². The Morgan fingerprint density at radius 3 is 2.57 bits per heavy atom. The van der Waals surface area contributed by atoms with Crippen molar-refractivity contribution >= 4 is 34.7 Å². The lowest BCUT2D eigenvalue weighted by Crippen LogP contribution is -2.51. The van der Waals surface area contributed by atoms with Crippen LogP contribution in [0.25, 0.3) is 11.2 Å². The molecule has 0 saturated carbocycles. The largest absolute Gasteiger partial charge is 0.348 e. The highest BCUT2D eigenvalue weighted by Gasteiger charge is 2.24. The standard InChI is InChI=1S/C20H21N5O2S/c1-23-18-16(8-5-9-21-18)22-19(20(23)27)25-12-10-24(11-13-25)17(26)14-28-15-6-3-2-4-7-15/h2-9H,10-14H2,1H3. The monoisotopic (exact) mass is 395 g/mol. The molecule has 8 heteroatoms. The van der Waals surface area contributed by atoms with Crippen LogP contribution in [0.5, 0.6) is 0 Å². The third-order valence-electron chi connectivity index (χ3n) is 4.84. The Labute approximate surface area is 167 Å². The number of thioether (sulfide) groups is 1. The zero-order valence-electron chi connectivity index (χ0n) is 15.6. The minimum Gasteiger partial charge on any atom is -0.348 e. The molecule has 1 saturated heterocycles. The molecule has 1 amide bonds. The van der Waals surface area contributed by atoms with Crippen molar-refractivity contribution in [2.24, 2.45) is 7.05 Å². The van der Waals surface area contributed by atoms with Crippen molar-refractivity contribution in [3.8, 4) is 0 Å². The number of benzene rings is 1. The number of fused-ring (bicyclic) bond motifs is 1. The van der Waals surface area contributed by atoms with Gasteiger partial charge in [-0.05, 0) is 24.3 Å². The van der Waals surface area contributed by atoms with E-state index >= 15 is 0 Å². The Morgan fingerprint density at radius 1 is 1.07 bits per heavy atom. The zero-order chi connectivity index (χ0) is 19.5. The van der Waals surface area contributed by atoms with Crippen LogP contribution >= 0.6 is 11.8 Å². The lowest BCUT2D eigenvalue weighted by atomic mass is 10.3. The van der Waals surface area contributed by atoms with E-state index in [1.165, 1.54) is 4.57 Å². The molecule has 0 unspecified atom stereocenters. The van der Waals surface area contributed by atoms with Crippen LogP contribution in [0.15, 0.2) is 58.4 Å². The topological polar surface area (TPSA) is 71.3 Å². The number of aromatic nitrogens is 3. The van der Waals surface area contributed by atoms with Crippen LogP contribution in [-0.2, 0) is 11.8 Å².